The molecule has 33 heavy (non-hydrogen) atoms. The lowest BCUT2D eigenvalue weighted by atomic mass is 9.95. The first-order valence-corrected chi connectivity index (χ1v) is 12.0. The van der Waals surface area contributed by atoms with Crippen molar-refractivity contribution in [1.29, 1.82) is 0 Å². The van der Waals surface area contributed by atoms with Gasteiger partial charge in [0.05, 0.1) is 10.9 Å². The summed E-state index contributed by atoms with van der Waals surface area (Å²) >= 11 is 0. The largest absolute Gasteiger partial charge is 0.481 e. The molecule has 1 aliphatic rings. The predicted octanol–water partition coefficient (Wildman–Crippen LogP) is 0.335. The number of carbonyl (C=O) groups is 4. The minimum absolute atomic E-state index is 0.0546. The lowest BCUT2D eigenvalue weighted by Crippen LogP contribution is -2.51. The molecule has 0 saturated carbocycles. The van der Waals surface area contributed by atoms with Gasteiger partial charge in [-0.05, 0) is 45.2 Å². The second kappa shape index (κ2) is 11.2. The van der Waals surface area contributed by atoms with Crippen LogP contribution < -0.4 is 10.0 Å². The van der Waals surface area contributed by atoms with Crippen LogP contribution in [0.25, 0.3) is 0 Å². The zero-order valence-corrected chi connectivity index (χ0v) is 19.3. The van der Waals surface area contributed by atoms with Crippen LogP contribution >= 0.6 is 0 Å². The molecule has 1 aromatic rings. The summed E-state index contributed by atoms with van der Waals surface area (Å²) in [5.74, 6) is -3.93. The number of piperidine rings is 1. The molecule has 1 heterocycles. The molecule has 2 rings (SSSR count). The van der Waals surface area contributed by atoms with Gasteiger partial charge in [0.15, 0.2) is 0 Å². The summed E-state index contributed by atoms with van der Waals surface area (Å²) in [7, 11) is -3.88. The van der Waals surface area contributed by atoms with Gasteiger partial charge in [0, 0.05) is 25.4 Å². The van der Waals surface area contributed by atoms with E-state index in [-0.39, 0.29) is 43.7 Å². The second-order valence-corrected chi connectivity index (χ2v) is 9.80. The summed E-state index contributed by atoms with van der Waals surface area (Å²) in [6, 6.07) is 3.93. The number of nitrogens with zero attached hydrogens (tertiary/aromatic N) is 1. The number of benzene rings is 1. The number of sulfonamides is 1. The first kappa shape index (κ1) is 26.3. The third kappa shape index (κ3) is 7.53. The van der Waals surface area contributed by atoms with Crippen LogP contribution in [0.1, 0.15) is 38.2 Å². The first-order chi connectivity index (χ1) is 15.4. The molecule has 11 nitrogen and oxygen atoms in total. The van der Waals surface area contributed by atoms with E-state index in [1.54, 1.807) is 12.1 Å². The third-order valence-corrected chi connectivity index (χ3v) is 7.03. The van der Waals surface area contributed by atoms with Crippen molar-refractivity contribution < 1.29 is 37.8 Å². The minimum Gasteiger partial charge on any atom is -0.481 e. The molecule has 0 aliphatic carbocycles. The molecule has 1 aromatic carbocycles. The molecule has 0 spiro atoms. The van der Waals surface area contributed by atoms with Crippen molar-refractivity contribution in [3.05, 3.63) is 29.8 Å². The topological polar surface area (TPSA) is 170 Å². The van der Waals surface area contributed by atoms with Crippen LogP contribution in [0.15, 0.2) is 29.2 Å². The summed E-state index contributed by atoms with van der Waals surface area (Å²) in [4.78, 5) is 48.6. The first-order valence-electron chi connectivity index (χ1n) is 10.5. The molecule has 0 aromatic heterocycles. The van der Waals surface area contributed by atoms with Gasteiger partial charge < -0.3 is 20.4 Å². The molecule has 1 aliphatic heterocycles. The van der Waals surface area contributed by atoms with Crippen LogP contribution in [0, 0.1) is 12.8 Å². The highest BCUT2D eigenvalue weighted by Crippen LogP contribution is 2.19. The van der Waals surface area contributed by atoms with Crippen molar-refractivity contribution in [3.63, 3.8) is 0 Å². The van der Waals surface area contributed by atoms with Gasteiger partial charge in [0.25, 0.3) is 0 Å². The van der Waals surface area contributed by atoms with Crippen LogP contribution in [0.4, 0.5) is 0 Å². The smallest absolute Gasteiger partial charge is 0.326 e. The highest BCUT2D eigenvalue weighted by atomic mass is 32.2. The van der Waals surface area contributed by atoms with Crippen molar-refractivity contribution in [3.8, 4) is 0 Å². The summed E-state index contributed by atoms with van der Waals surface area (Å²) in [5.41, 5.74) is 0.904. The fraction of sp³-hybridized carbons (Fsp3) is 0.524. The lowest BCUT2D eigenvalue weighted by Gasteiger charge is -2.33. The summed E-state index contributed by atoms with van der Waals surface area (Å²) < 4.78 is 27.4. The molecule has 0 radical (unpaired) electrons. The van der Waals surface area contributed by atoms with Crippen molar-refractivity contribution >= 4 is 33.8 Å². The van der Waals surface area contributed by atoms with E-state index in [1.165, 1.54) is 24.0 Å². The van der Waals surface area contributed by atoms with E-state index < -0.39 is 51.8 Å². The number of amides is 2. The average molecular weight is 484 g/mol. The Morgan fingerprint density at radius 2 is 1.67 bits per heavy atom. The number of hydrogen-bond acceptors (Lipinski definition) is 6. The highest BCUT2D eigenvalue weighted by molar-refractivity contribution is 7.89. The molecule has 4 N–H and O–H groups in total. The number of rotatable bonds is 10. The predicted molar refractivity (Wildman–Crippen MR) is 117 cm³/mol. The zero-order chi connectivity index (χ0) is 24.8. The standard InChI is InChI=1S/C21H29N3O8S/c1-13-3-5-16(6-4-13)33(31,32)23-14(2)20(28)24-11-9-15(10-12-24)19(27)22-17(21(29)30)7-8-18(25)26/h3-6,14-15,17,23H,7-12H2,1-2H3,(H,22,27)(H,25,26)(H,29,30). The number of carboxylic acids is 2. The SMILES string of the molecule is Cc1ccc(S(=O)(=O)NC(C)C(=O)N2CCC(C(=O)NC(CCC(=O)O)C(=O)O)CC2)cc1. The number of carbonyl (C=O) groups excluding carboxylic acids is 2. The maximum absolute atomic E-state index is 12.7. The van der Waals surface area contributed by atoms with E-state index in [1.807, 2.05) is 6.92 Å². The Labute approximate surface area is 192 Å². The Morgan fingerprint density at radius 1 is 1.09 bits per heavy atom. The quantitative estimate of drug-likeness (QED) is 0.369. The maximum atomic E-state index is 12.7. The van der Waals surface area contributed by atoms with Crippen molar-refractivity contribution in [2.45, 2.75) is 56.5 Å². The van der Waals surface area contributed by atoms with E-state index in [4.69, 9.17) is 5.11 Å². The molecular formula is C21H29N3O8S. The van der Waals surface area contributed by atoms with Gasteiger partial charge in [-0.1, -0.05) is 17.7 Å². The lowest BCUT2D eigenvalue weighted by molar-refractivity contribution is -0.144. The number of carboxylic acid groups (broad SMARTS) is 2. The average Bonchev–Trinajstić information content (AvgIpc) is 2.75. The Kier molecular flexibility index (Phi) is 8.94. The van der Waals surface area contributed by atoms with Gasteiger partial charge in [0.1, 0.15) is 6.04 Å². The van der Waals surface area contributed by atoms with Gasteiger partial charge in [0.2, 0.25) is 21.8 Å². The monoisotopic (exact) mass is 483 g/mol. The number of aliphatic carboxylic acids is 2. The summed E-state index contributed by atoms with van der Waals surface area (Å²) in [6.45, 7) is 3.70. The van der Waals surface area contributed by atoms with E-state index in [2.05, 4.69) is 10.0 Å². The normalized spacial score (nSPS) is 16.6. The fourth-order valence-corrected chi connectivity index (χ4v) is 4.72. The maximum Gasteiger partial charge on any atom is 0.326 e. The van der Waals surface area contributed by atoms with E-state index in [9.17, 15) is 32.7 Å². The molecule has 1 saturated heterocycles. The molecule has 2 unspecified atom stereocenters. The number of nitrogens with one attached hydrogen (secondary N) is 2. The fourth-order valence-electron chi connectivity index (χ4n) is 3.52. The van der Waals surface area contributed by atoms with Gasteiger partial charge >= 0.3 is 11.9 Å². The second-order valence-electron chi connectivity index (χ2n) is 8.09. The zero-order valence-electron chi connectivity index (χ0n) is 18.5. The number of aryl methyl sites for hydroxylation is 1. The third-order valence-electron chi connectivity index (χ3n) is 5.47. The van der Waals surface area contributed by atoms with Gasteiger partial charge in [-0.2, -0.15) is 4.72 Å². The van der Waals surface area contributed by atoms with Crippen molar-refractivity contribution in [2.24, 2.45) is 5.92 Å². The summed E-state index contributed by atoms with van der Waals surface area (Å²) in [6.07, 6.45) is -0.0620. The molecule has 0 bridgehead atoms. The number of hydrogen-bond donors (Lipinski definition) is 4. The van der Waals surface area contributed by atoms with Gasteiger partial charge in [-0.25, -0.2) is 13.2 Å². The van der Waals surface area contributed by atoms with E-state index in [0.717, 1.165) is 5.56 Å². The molecule has 182 valence electrons. The highest BCUT2D eigenvalue weighted by Gasteiger charge is 2.32. The Hall–Kier alpha value is -2.99. The molecule has 1 fully saturated rings. The van der Waals surface area contributed by atoms with Crippen LogP contribution in [0.5, 0.6) is 0 Å². The molecule has 2 atom stereocenters. The van der Waals surface area contributed by atoms with Crippen LogP contribution in [-0.2, 0) is 29.2 Å². The Morgan fingerprint density at radius 3 is 2.18 bits per heavy atom. The van der Waals surface area contributed by atoms with Crippen molar-refractivity contribution in [1.82, 2.24) is 14.9 Å². The van der Waals surface area contributed by atoms with Gasteiger partial charge in [-0.15, -0.1) is 0 Å². The number of likely N-dealkylation sites (tertiary alicyclic amines) is 1. The summed E-state index contributed by atoms with van der Waals surface area (Å²) in [5, 5.41) is 20.3. The Balaban J connectivity index is 1.89. The molecule has 12 heteroatoms. The minimum atomic E-state index is -3.88. The van der Waals surface area contributed by atoms with Crippen LogP contribution in [0.2, 0.25) is 0 Å². The molecule has 2 amide bonds. The Bertz CT molecular complexity index is 985. The molecular weight excluding hydrogens is 454 g/mol. The van der Waals surface area contributed by atoms with E-state index >= 15 is 0 Å². The van der Waals surface area contributed by atoms with Crippen LogP contribution in [-0.4, -0.2) is 72.5 Å². The van der Waals surface area contributed by atoms with Gasteiger partial charge in [-0.3, -0.25) is 14.4 Å². The van der Waals surface area contributed by atoms with E-state index in [0.29, 0.717) is 0 Å². The van der Waals surface area contributed by atoms with Crippen LogP contribution in [0.3, 0.4) is 0 Å². The van der Waals surface area contributed by atoms with Crippen molar-refractivity contribution in [2.75, 3.05) is 13.1 Å².